The molecule has 0 radical (unpaired) electrons. The predicted molar refractivity (Wildman–Crippen MR) is 105 cm³/mol. The molecule has 3 rings (SSSR count). The van der Waals surface area contributed by atoms with E-state index < -0.39 is 0 Å². The minimum absolute atomic E-state index is 0.353. The first-order valence-corrected chi connectivity index (χ1v) is 9.10. The van der Waals surface area contributed by atoms with Gasteiger partial charge in [0.2, 0.25) is 0 Å². The molecule has 0 atom stereocenters. The number of nitrogens with one attached hydrogen (secondary N) is 2. The van der Waals surface area contributed by atoms with Crippen LogP contribution in [0, 0.1) is 0 Å². The minimum atomic E-state index is 0.353. The first-order chi connectivity index (χ1) is 13.2. The average molecular weight is 366 g/mol. The Kier molecular flexibility index (Phi) is 6.25. The summed E-state index contributed by atoms with van der Waals surface area (Å²) >= 11 is 0. The Morgan fingerprint density at radius 1 is 1.15 bits per heavy atom. The van der Waals surface area contributed by atoms with Gasteiger partial charge in [-0.3, -0.25) is 9.67 Å². The summed E-state index contributed by atoms with van der Waals surface area (Å²) in [4.78, 5) is 4.28. The van der Waals surface area contributed by atoms with E-state index in [1.807, 2.05) is 35.1 Å². The van der Waals surface area contributed by atoms with Crippen LogP contribution < -0.4 is 10.6 Å². The molecule has 1 aromatic carbocycles. The van der Waals surface area contributed by atoms with E-state index in [4.69, 9.17) is 4.52 Å². The number of rotatable bonds is 7. The number of nitrogens with zero attached hydrogens (tertiary/aromatic N) is 4. The van der Waals surface area contributed by atoms with Crippen LogP contribution in [0.15, 0.2) is 58.3 Å². The Bertz CT molecular complexity index is 866. The standard InChI is InChI=1S/C20H26N6O/c1-15(2)19-11-18(27-25-19)13-23-20(21-3)22-12-16-7-4-5-8-17(16)14-26-10-6-9-24-26/h4-11,15H,12-14H2,1-3H3,(H2,21,22,23). The largest absolute Gasteiger partial charge is 0.359 e. The van der Waals surface area contributed by atoms with Crippen molar-refractivity contribution in [3.05, 3.63) is 71.4 Å². The maximum atomic E-state index is 5.36. The number of guanidine groups is 1. The van der Waals surface area contributed by atoms with Gasteiger partial charge in [0.25, 0.3) is 0 Å². The predicted octanol–water partition coefficient (Wildman–Crippen LogP) is 2.91. The first-order valence-electron chi connectivity index (χ1n) is 9.10. The normalized spacial score (nSPS) is 11.8. The van der Waals surface area contributed by atoms with E-state index in [9.17, 15) is 0 Å². The van der Waals surface area contributed by atoms with E-state index in [-0.39, 0.29) is 0 Å². The van der Waals surface area contributed by atoms with Gasteiger partial charge in [0, 0.05) is 32.1 Å². The maximum Gasteiger partial charge on any atom is 0.191 e. The zero-order valence-corrected chi connectivity index (χ0v) is 16.0. The molecule has 0 unspecified atom stereocenters. The smallest absolute Gasteiger partial charge is 0.191 e. The molecule has 3 aromatic rings. The zero-order chi connectivity index (χ0) is 19.1. The molecule has 142 valence electrons. The highest BCUT2D eigenvalue weighted by atomic mass is 16.5. The molecular weight excluding hydrogens is 340 g/mol. The van der Waals surface area contributed by atoms with Crippen LogP contribution in [0.5, 0.6) is 0 Å². The molecular formula is C20H26N6O. The third-order valence-electron chi connectivity index (χ3n) is 4.28. The van der Waals surface area contributed by atoms with Gasteiger partial charge < -0.3 is 15.2 Å². The van der Waals surface area contributed by atoms with Gasteiger partial charge in [-0.1, -0.05) is 43.3 Å². The maximum absolute atomic E-state index is 5.36. The lowest BCUT2D eigenvalue weighted by Gasteiger charge is -2.14. The topological polar surface area (TPSA) is 80.3 Å². The second kappa shape index (κ2) is 9.02. The number of hydrogen-bond acceptors (Lipinski definition) is 4. The second-order valence-corrected chi connectivity index (χ2v) is 6.62. The van der Waals surface area contributed by atoms with Crippen molar-refractivity contribution in [1.82, 2.24) is 25.6 Å². The third kappa shape index (κ3) is 5.20. The molecule has 0 aliphatic rings. The summed E-state index contributed by atoms with van der Waals surface area (Å²) in [5, 5.41) is 15.0. The molecule has 2 aromatic heterocycles. The fraction of sp³-hybridized carbons (Fsp3) is 0.350. The third-order valence-corrected chi connectivity index (χ3v) is 4.28. The van der Waals surface area contributed by atoms with Crippen molar-refractivity contribution in [1.29, 1.82) is 0 Å². The van der Waals surface area contributed by atoms with Crippen molar-refractivity contribution >= 4 is 5.96 Å². The highest BCUT2D eigenvalue weighted by Gasteiger charge is 2.09. The van der Waals surface area contributed by atoms with Crippen molar-refractivity contribution in [2.45, 2.75) is 39.4 Å². The van der Waals surface area contributed by atoms with E-state index in [1.165, 1.54) is 11.1 Å². The minimum Gasteiger partial charge on any atom is -0.359 e. The Morgan fingerprint density at radius 3 is 2.59 bits per heavy atom. The van der Waals surface area contributed by atoms with Crippen LogP contribution >= 0.6 is 0 Å². The van der Waals surface area contributed by atoms with Crippen molar-refractivity contribution in [2.75, 3.05) is 7.05 Å². The van der Waals surface area contributed by atoms with Gasteiger partial charge in [-0.25, -0.2) is 0 Å². The van der Waals surface area contributed by atoms with Crippen LogP contribution in [0.1, 0.15) is 42.3 Å². The quantitative estimate of drug-likeness (QED) is 0.496. The summed E-state index contributed by atoms with van der Waals surface area (Å²) in [5.41, 5.74) is 3.39. The fourth-order valence-electron chi connectivity index (χ4n) is 2.71. The molecule has 2 N–H and O–H groups in total. The van der Waals surface area contributed by atoms with Gasteiger partial charge in [-0.15, -0.1) is 0 Å². The average Bonchev–Trinajstić information content (AvgIpc) is 3.35. The molecule has 7 heteroatoms. The summed E-state index contributed by atoms with van der Waals surface area (Å²) < 4.78 is 7.28. The molecule has 0 amide bonds. The highest BCUT2D eigenvalue weighted by molar-refractivity contribution is 5.79. The number of hydrogen-bond donors (Lipinski definition) is 2. The lowest BCUT2D eigenvalue weighted by atomic mass is 10.1. The van der Waals surface area contributed by atoms with E-state index in [0.717, 1.165) is 18.0 Å². The van der Waals surface area contributed by atoms with Gasteiger partial charge in [0.1, 0.15) is 0 Å². The second-order valence-electron chi connectivity index (χ2n) is 6.62. The number of aromatic nitrogens is 3. The molecule has 0 fully saturated rings. The van der Waals surface area contributed by atoms with E-state index >= 15 is 0 Å². The van der Waals surface area contributed by atoms with Gasteiger partial charge >= 0.3 is 0 Å². The van der Waals surface area contributed by atoms with Gasteiger partial charge in [-0.05, 0) is 23.1 Å². The number of aliphatic imine (C=N–C) groups is 1. The van der Waals surface area contributed by atoms with Crippen LogP contribution in [0.25, 0.3) is 0 Å². The van der Waals surface area contributed by atoms with Gasteiger partial charge in [0.05, 0.1) is 18.8 Å². The Hall–Kier alpha value is -3.09. The summed E-state index contributed by atoms with van der Waals surface area (Å²) in [7, 11) is 1.75. The summed E-state index contributed by atoms with van der Waals surface area (Å²) in [6.07, 6.45) is 3.76. The molecule has 0 aliphatic heterocycles. The van der Waals surface area contributed by atoms with Crippen LogP contribution in [0.3, 0.4) is 0 Å². The molecule has 0 spiro atoms. The Morgan fingerprint density at radius 2 is 1.93 bits per heavy atom. The Balaban J connectivity index is 1.56. The molecule has 0 bridgehead atoms. The molecule has 0 aliphatic carbocycles. The molecule has 7 nitrogen and oxygen atoms in total. The van der Waals surface area contributed by atoms with Crippen LogP contribution in [0.4, 0.5) is 0 Å². The number of benzene rings is 1. The monoisotopic (exact) mass is 366 g/mol. The summed E-state index contributed by atoms with van der Waals surface area (Å²) in [6.45, 7) is 6.14. The fourth-order valence-corrected chi connectivity index (χ4v) is 2.71. The molecule has 0 saturated heterocycles. The zero-order valence-electron chi connectivity index (χ0n) is 16.0. The summed E-state index contributed by atoms with van der Waals surface area (Å²) in [6, 6.07) is 12.2. The van der Waals surface area contributed by atoms with Crippen LogP contribution in [-0.2, 0) is 19.6 Å². The van der Waals surface area contributed by atoms with E-state index in [2.05, 4.69) is 51.9 Å². The van der Waals surface area contributed by atoms with Crippen molar-refractivity contribution < 1.29 is 4.52 Å². The van der Waals surface area contributed by atoms with Crippen LogP contribution in [0.2, 0.25) is 0 Å². The SMILES string of the molecule is CN=C(NCc1cc(C(C)C)no1)NCc1ccccc1Cn1cccn1. The van der Waals surface area contributed by atoms with E-state index in [0.29, 0.717) is 25.0 Å². The van der Waals surface area contributed by atoms with Crippen molar-refractivity contribution in [3.8, 4) is 0 Å². The van der Waals surface area contributed by atoms with Crippen molar-refractivity contribution in [3.63, 3.8) is 0 Å². The van der Waals surface area contributed by atoms with Gasteiger partial charge in [-0.2, -0.15) is 5.10 Å². The molecule has 27 heavy (non-hydrogen) atoms. The highest BCUT2D eigenvalue weighted by Crippen LogP contribution is 2.14. The summed E-state index contributed by atoms with van der Waals surface area (Å²) in [5.74, 6) is 1.86. The van der Waals surface area contributed by atoms with Crippen molar-refractivity contribution in [2.24, 2.45) is 4.99 Å². The lowest BCUT2D eigenvalue weighted by molar-refractivity contribution is 0.372. The first kappa shape index (κ1) is 18.7. The van der Waals surface area contributed by atoms with Gasteiger partial charge in [0.15, 0.2) is 11.7 Å². The van der Waals surface area contributed by atoms with Crippen LogP contribution in [-0.4, -0.2) is 27.9 Å². The molecule has 0 saturated carbocycles. The lowest BCUT2D eigenvalue weighted by Crippen LogP contribution is -2.36. The van der Waals surface area contributed by atoms with E-state index in [1.54, 1.807) is 13.2 Å². The Labute approximate surface area is 159 Å². The molecule has 2 heterocycles.